The van der Waals surface area contributed by atoms with Crippen LogP contribution in [-0.2, 0) is 11.3 Å². The van der Waals surface area contributed by atoms with Crippen LogP contribution in [0.3, 0.4) is 0 Å². The molecule has 2 aliphatic rings. The summed E-state index contributed by atoms with van der Waals surface area (Å²) in [6.45, 7) is 3.81. The predicted molar refractivity (Wildman–Crippen MR) is 90.8 cm³/mol. The van der Waals surface area contributed by atoms with Crippen LogP contribution in [0.4, 0.5) is 8.78 Å². The van der Waals surface area contributed by atoms with Gasteiger partial charge in [0.05, 0.1) is 0 Å². The highest BCUT2D eigenvalue weighted by Crippen LogP contribution is 2.40. The van der Waals surface area contributed by atoms with E-state index in [1.807, 2.05) is 4.90 Å². The van der Waals surface area contributed by atoms with Gasteiger partial charge in [0.1, 0.15) is 11.6 Å². The SMILES string of the molecule is O=C1CCC2(CCN(Cc3cc(F)cc(F)c3)CC2)CN1CCCO. The van der Waals surface area contributed by atoms with Crippen molar-refractivity contribution in [3.8, 4) is 0 Å². The molecule has 1 aromatic rings. The van der Waals surface area contributed by atoms with Gasteiger partial charge in [-0.2, -0.15) is 0 Å². The van der Waals surface area contributed by atoms with E-state index in [4.69, 9.17) is 5.11 Å². The summed E-state index contributed by atoms with van der Waals surface area (Å²) in [5, 5.41) is 9.00. The average molecular weight is 352 g/mol. The van der Waals surface area contributed by atoms with Crippen LogP contribution < -0.4 is 0 Å². The number of hydrogen-bond acceptors (Lipinski definition) is 3. The number of carbonyl (C=O) groups excluding carboxylic acids is 1. The summed E-state index contributed by atoms with van der Waals surface area (Å²) in [5.74, 6) is -0.876. The monoisotopic (exact) mass is 352 g/mol. The van der Waals surface area contributed by atoms with Gasteiger partial charge >= 0.3 is 0 Å². The molecule has 0 unspecified atom stereocenters. The van der Waals surface area contributed by atoms with E-state index in [0.717, 1.165) is 45.0 Å². The molecular formula is C19H26F2N2O2. The zero-order valence-electron chi connectivity index (χ0n) is 14.5. The molecule has 6 heteroatoms. The first kappa shape index (κ1) is 18.3. The van der Waals surface area contributed by atoms with Gasteiger partial charge in [-0.3, -0.25) is 9.69 Å². The van der Waals surface area contributed by atoms with Gasteiger partial charge in [0.15, 0.2) is 0 Å². The molecule has 2 fully saturated rings. The summed E-state index contributed by atoms with van der Waals surface area (Å²) in [6.07, 6.45) is 4.12. The van der Waals surface area contributed by atoms with Crippen LogP contribution in [0.1, 0.15) is 37.7 Å². The molecule has 0 aliphatic carbocycles. The highest BCUT2D eigenvalue weighted by atomic mass is 19.1. The second-order valence-corrected chi connectivity index (χ2v) is 7.45. The van der Waals surface area contributed by atoms with Crippen LogP contribution in [0.15, 0.2) is 18.2 Å². The maximum atomic E-state index is 13.3. The molecule has 2 saturated heterocycles. The van der Waals surface area contributed by atoms with Crippen molar-refractivity contribution in [2.45, 2.75) is 38.6 Å². The molecule has 1 N–H and O–H groups in total. The lowest BCUT2D eigenvalue weighted by atomic mass is 9.72. The number of halogens is 2. The Kier molecular flexibility index (Phi) is 5.69. The Morgan fingerprint density at radius 2 is 1.76 bits per heavy atom. The summed E-state index contributed by atoms with van der Waals surface area (Å²) in [4.78, 5) is 16.2. The van der Waals surface area contributed by atoms with Gasteiger partial charge < -0.3 is 10.0 Å². The Labute approximate surface area is 147 Å². The topological polar surface area (TPSA) is 43.8 Å². The third kappa shape index (κ3) is 4.55. The molecule has 1 amide bonds. The van der Waals surface area contributed by atoms with Gasteiger partial charge in [-0.05, 0) is 61.9 Å². The van der Waals surface area contributed by atoms with Crippen LogP contribution >= 0.6 is 0 Å². The number of aliphatic hydroxyl groups is 1. The molecule has 1 aromatic carbocycles. The highest BCUT2D eigenvalue weighted by Gasteiger charge is 2.40. The van der Waals surface area contributed by atoms with Crippen molar-refractivity contribution in [2.24, 2.45) is 5.41 Å². The fourth-order valence-electron chi connectivity index (χ4n) is 4.12. The first-order valence-corrected chi connectivity index (χ1v) is 9.06. The van der Waals surface area contributed by atoms with Crippen LogP contribution in [0.25, 0.3) is 0 Å². The van der Waals surface area contributed by atoms with Crippen LogP contribution in [0, 0.1) is 17.0 Å². The van der Waals surface area contributed by atoms with Crippen molar-refractivity contribution < 1.29 is 18.7 Å². The van der Waals surface area contributed by atoms with Crippen molar-refractivity contribution in [3.05, 3.63) is 35.4 Å². The number of nitrogens with zero attached hydrogens (tertiary/aromatic N) is 2. The van der Waals surface area contributed by atoms with E-state index in [9.17, 15) is 13.6 Å². The zero-order chi connectivity index (χ0) is 17.9. The molecule has 0 saturated carbocycles. The molecule has 1 spiro atoms. The van der Waals surface area contributed by atoms with E-state index < -0.39 is 11.6 Å². The molecular weight excluding hydrogens is 326 g/mol. The molecule has 0 atom stereocenters. The van der Waals surface area contributed by atoms with Crippen LogP contribution in [-0.4, -0.2) is 53.6 Å². The number of amides is 1. The second kappa shape index (κ2) is 7.79. The summed E-state index contributed by atoms with van der Waals surface area (Å²) < 4.78 is 26.7. The zero-order valence-corrected chi connectivity index (χ0v) is 14.5. The second-order valence-electron chi connectivity index (χ2n) is 7.45. The number of likely N-dealkylation sites (tertiary alicyclic amines) is 2. The fraction of sp³-hybridized carbons (Fsp3) is 0.632. The lowest BCUT2D eigenvalue weighted by molar-refractivity contribution is -0.139. The minimum atomic E-state index is -0.534. The number of aliphatic hydroxyl groups excluding tert-OH is 1. The summed E-state index contributed by atoms with van der Waals surface area (Å²) in [6, 6.07) is 3.68. The third-order valence-electron chi connectivity index (χ3n) is 5.58. The number of benzene rings is 1. The highest BCUT2D eigenvalue weighted by molar-refractivity contribution is 5.77. The van der Waals surface area contributed by atoms with E-state index in [-0.39, 0.29) is 17.9 Å². The van der Waals surface area contributed by atoms with Gasteiger partial charge in [0.2, 0.25) is 5.91 Å². The quantitative estimate of drug-likeness (QED) is 0.886. The molecule has 0 aromatic heterocycles. The Morgan fingerprint density at radius 1 is 1.08 bits per heavy atom. The lowest BCUT2D eigenvalue weighted by Gasteiger charge is -2.47. The molecule has 0 bridgehead atoms. The summed E-state index contributed by atoms with van der Waals surface area (Å²) >= 11 is 0. The molecule has 3 rings (SSSR count). The van der Waals surface area contributed by atoms with E-state index in [1.165, 1.54) is 12.1 Å². The van der Waals surface area contributed by atoms with Crippen molar-refractivity contribution in [1.82, 2.24) is 9.80 Å². The Hall–Kier alpha value is -1.53. The van der Waals surface area contributed by atoms with Gasteiger partial charge in [-0.1, -0.05) is 0 Å². The predicted octanol–water partition coefficient (Wildman–Crippen LogP) is 2.55. The maximum Gasteiger partial charge on any atom is 0.222 e. The van der Waals surface area contributed by atoms with Crippen molar-refractivity contribution >= 4 is 5.91 Å². The molecule has 4 nitrogen and oxygen atoms in total. The number of hydrogen-bond donors (Lipinski definition) is 1. The van der Waals surface area contributed by atoms with Crippen LogP contribution in [0.5, 0.6) is 0 Å². The molecule has 138 valence electrons. The fourth-order valence-corrected chi connectivity index (χ4v) is 4.12. The lowest BCUT2D eigenvalue weighted by Crippen LogP contribution is -2.51. The Bertz CT molecular complexity index is 595. The minimum absolute atomic E-state index is 0.106. The molecule has 0 radical (unpaired) electrons. The summed E-state index contributed by atoms with van der Waals surface area (Å²) in [5.41, 5.74) is 0.824. The number of piperidine rings is 2. The molecule has 2 aliphatic heterocycles. The first-order valence-electron chi connectivity index (χ1n) is 9.06. The van der Waals surface area contributed by atoms with E-state index in [1.54, 1.807) is 0 Å². The van der Waals surface area contributed by atoms with E-state index in [0.29, 0.717) is 31.5 Å². The van der Waals surface area contributed by atoms with Gasteiger partial charge in [0, 0.05) is 38.7 Å². The van der Waals surface area contributed by atoms with Gasteiger partial charge in [-0.25, -0.2) is 8.78 Å². The Morgan fingerprint density at radius 3 is 2.40 bits per heavy atom. The van der Waals surface area contributed by atoms with Crippen LogP contribution in [0.2, 0.25) is 0 Å². The van der Waals surface area contributed by atoms with Gasteiger partial charge in [0.25, 0.3) is 0 Å². The minimum Gasteiger partial charge on any atom is -0.396 e. The summed E-state index contributed by atoms with van der Waals surface area (Å²) in [7, 11) is 0. The Balaban J connectivity index is 1.56. The number of carbonyl (C=O) groups is 1. The standard InChI is InChI=1S/C19H26F2N2O2/c20-16-10-15(11-17(21)12-16)13-22-7-4-19(5-8-22)3-2-18(25)23(14-19)6-1-9-24/h10-12,24H,1-9,13-14H2. The average Bonchev–Trinajstić information content (AvgIpc) is 2.57. The molecule has 2 heterocycles. The van der Waals surface area contributed by atoms with Crippen molar-refractivity contribution in [1.29, 1.82) is 0 Å². The first-order chi connectivity index (χ1) is 12.0. The third-order valence-corrected chi connectivity index (χ3v) is 5.58. The maximum absolute atomic E-state index is 13.3. The van der Waals surface area contributed by atoms with Gasteiger partial charge in [-0.15, -0.1) is 0 Å². The molecule has 25 heavy (non-hydrogen) atoms. The largest absolute Gasteiger partial charge is 0.396 e. The normalized spacial score (nSPS) is 21.1. The number of rotatable bonds is 5. The smallest absolute Gasteiger partial charge is 0.222 e. The van der Waals surface area contributed by atoms with Crippen molar-refractivity contribution in [2.75, 3.05) is 32.8 Å². The van der Waals surface area contributed by atoms with Crippen molar-refractivity contribution in [3.63, 3.8) is 0 Å². The van der Waals surface area contributed by atoms with E-state index in [2.05, 4.69) is 4.90 Å². The van der Waals surface area contributed by atoms with E-state index >= 15 is 0 Å².